The van der Waals surface area contributed by atoms with Crippen LogP contribution in [0.3, 0.4) is 0 Å². The minimum atomic E-state index is -4.11. The van der Waals surface area contributed by atoms with Crippen LogP contribution >= 0.6 is 15.9 Å². The van der Waals surface area contributed by atoms with Crippen molar-refractivity contribution in [2.45, 2.75) is 11.8 Å². The highest BCUT2D eigenvalue weighted by Crippen LogP contribution is 2.27. The van der Waals surface area contributed by atoms with Gasteiger partial charge in [0.25, 0.3) is 10.0 Å². The van der Waals surface area contributed by atoms with E-state index in [0.29, 0.717) is 5.56 Å². The number of benzene rings is 1. The molecule has 1 aromatic carbocycles. The summed E-state index contributed by atoms with van der Waals surface area (Å²) >= 11 is 2.93. The molecule has 0 saturated carbocycles. The number of anilines is 2. The molecule has 0 spiro atoms. The topological polar surface area (TPSA) is 85.1 Å². The molecule has 0 atom stereocenters. The molecule has 0 amide bonds. The first-order valence-corrected chi connectivity index (χ1v) is 7.78. The van der Waals surface area contributed by atoms with Crippen LogP contribution in [0.2, 0.25) is 0 Å². The van der Waals surface area contributed by atoms with E-state index in [9.17, 15) is 12.8 Å². The van der Waals surface area contributed by atoms with E-state index in [1.165, 1.54) is 12.3 Å². The number of hydrogen-bond donors (Lipinski definition) is 2. The molecule has 0 saturated heterocycles. The second-order valence-electron chi connectivity index (χ2n) is 4.09. The molecule has 3 N–H and O–H groups in total. The third kappa shape index (κ3) is 2.91. The first-order chi connectivity index (χ1) is 9.31. The number of sulfonamides is 1. The van der Waals surface area contributed by atoms with Crippen molar-refractivity contribution >= 4 is 37.5 Å². The average molecular weight is 360 g/mol. The Labute approximate surface area is 124 Å². The summed E-state index contributed by atoms with van der Waals surface area (Å²) in [5.41, 5.74) is 6.30. The van der Waals surface area contributed by atoms with Crippen molar-refractivity contribution in [3.63, 3.8) is 0 Å². The molecule has 20 heavy (non-hydrogen) atoms. The van der Waals surface area contributed by atoms with Gasteiger partial charge >= 0.3 is 0 Å². The molecule has 2 rings (SSSR count). The zero-order valence-corrected chi connectivity index (χ0v) is 12.8. The zero-order chi connectivity index (χ0) is 14.9. The highest BCUT2D eigenvalue weighted by molar-refractivity contribution is 9.10. The maximum absolute atomic E-state index is 13.9. The Kier molecular flexibility index (Phi) is 3.96. The second kappa shape index (κ2) is 5.37. The van der Waals surface area contributed by atoms with Gasteiger partial charge in [0.1, 0.15) is 10.7 Å². The van der Waals surface area contributed by atoms with E-state index in [0.717, 1.165) is 6.07 Å². The summed E-state index contributed by atoms with van der Waals surface area (Å²) in [5.74, 6) is -0.759. The summed E-state index contributed by atoms with van der Waals surface area (Å²) in [6.45, 7) is 1.69. The van der Waals surface area contributed by atoms with Gasteiger partial charge in [-0.3, -0.25) is 4.72 Å². The van der Waals surface area contributed by atoms with Crippen LogP contribution in [0.25, 0.3) is 0 Å². The normalized spacial score (nSPS) is 11.3. The fourth-order valence-corrected chi connectivity index (χ4v) is 3.38. The van der Waals surface area contributed by atoms with Crippen molar-refractivity contribution < 1.29 is 12.8 Å². The van der Waals surface area contributed by atoms with Crippen molar-refractivity contribution in [1.29, 1.82) is 0 Å². The van der Waals surface area contributed by atoms with Crippen LogP contribution in [-0.2, 0) is 10.0 Å². The standard InChI is InChI=1S/C12H11BrFN3O2S/c1-7-3-2-4-16-12(7)17-20(18,19)10-6-8(15)5-9(13)11(10)14/h2-6H,15H2,1H3,(H,16,17). The van der Waals surface area contributed by atoms with E-state index in [1.807, 2.05) is 0 Å². The van der Waals surface area contributed by atoms with Gasteiger partial charge in [0, 0.05) is 11.9 Å². The highest BCUT2D eigenvalue weighted by Gasteiger charge is 2.22. The smallest absolute Gasteiger partial charge is 0.266 e. The van der Waals surface area contributed by atoms with Crippen molar-refractivity contribution in [3.8, 4) is 0 Å². The Morgan fingerprint density at radius 2 is 2.10 bits per heavy atom. The molecular formula is C12H11BrFN3O2S. The summed E-state index contributed by atoms with van der Waals surface area (Å²) in [6, 6.07) is 5.71. The highest BCUT2D eigenvalue weighted by atomic mass is 79.9. The van der Waals surface area contributed by atoms with Crippen molar-refractivity contribution in [2.24, 2.45) is 0 Å². The number of nitrogens with one attached hydrogen (secondary N) is 1. The lowest BCUT2D eigenvalue weighted by Crippen LogP contribution is -2.16. The maximum Gasteiger partial charge on any atom is 0.266 e. The van der Waals surface area contributed by atoms with Crippen LogP contribution in [0.15, 0.2) is 39.8 Å². The molecule has 1 heterocycles. The molecule has 8 heteroatoms. The van der Waals surface area contributed by atoms with Crippen molar-refractivity contribution in [3.05, 3.63) is 46.3 Å². The third-order valence-electron chi connectivity index (χ3n) is 2.55. The van der Waals surface area contributed by atoms with E-state index in [-0.39, 0.29) is 16.0 Å². The van der Waals surface area contributed by atoms with E-state index in [4.69, 9.17) is 5.73 Å². The molecule has 0 unspecified atom stereocenters. The monoisotopic (exact) mass is 359 g/mol. The zero-order valence-electron chi connectivity index (χ0n) is 10.4. The molecule has 0 radical (unpaired) electrons. The number of halogens is 2. The third-order valence-corrected chi connectivity index (χ3v) is 4.46. The molecule has 0 fully saturated rings. The number of nitrogens with zero attached hydrogens (tertiary/aromatic N) is 1. The van der Waals surface area contributed by atoms with Gasteiger partial charge in [0.15, 0.2) is 5.82 Å². The Hall–Kier alpha value is -1.67. The molecule has 0 aliphatic heterocycles. The van der Waals surface area contributed by atoms with Gasteiger partial charge in [-0.25, -0.2) is 17.8 Å². The number of nitrogens with two attached hydrogens (primary N) is 1. The number of aryl methyl sites for hydroxylation is 1. The minimum absolute atomic E-state index is 0.0179. The fraction of sp³-hybridized carbons (Fsp3) is 0.0833. The molecule has 0 aliphatic rings. The van der Waals surface area contributed by atoms with Gasteiger partial charge < -0.3 is 5.73 Å². The molecule has 0 bridgehead atoms. The molecular weight excluding hydrogens is 349 g/mol. The Morgan fingerprint density at radius 1 is 1.40 bits per heavy atom. The van der Waals surface area contributed by atoms with E-state index < -0.39 is 20.7 Å². The molecule has 1 aromatic heterocycles. The lowest BCUT2D eigenvalue weighted by atomic mass is 10.3. The Bertz CT molecular complexity index is 765. The molecule has 2 aromatic rings. The SMILES string of the molecule is Cc1cccnc1NS(=O)(=O)c1cc(N)cc(Br)c1F. The van der Waals surface area contributed by atoms with Gasteiger partial charge in [-0.1, -0.05) is 6.07 Å². The van der Waals surface area contributed by atoms with Gasteiger partial charge in [-0.05, 0) is 46.6 Å². The predicted molar refractivity (Wildman–Crippen MR) is 78.3 cm³/mol. The summed E-state index contributed by atoms with van der Waals surface area (Å²) < 4.78 is 40.6. The first kappa shape index (κ1) is 14.7. The van der Waals surface area contributed by atoms with Gasteiger partial charge in [0.05, 0.1) is 4.47 Å². The lowest BCUT2D eigenvalue weighted by Gasteiger charge is -2.11. The van der Waals surface area contributed by atoms with Crippen LogP contribution in [0.1, 0.15) is 5.56 Å². The van der Waals surface area contributed by atoms with E-state index >= 15 is 0 Å². The summed E-state index contributed by atoms with van der Waals surface area (Å²) in [6.07, 6.45) is 1.44. The van der Waals surface area contributed by atoms with Crippen LogP contribution in [0.5, 0.6) is 0 Å². The predicted octanol–water partition coefficient (Wildman–Crippen LogP) is 2.67. The Balaban J connectivity index is 2.49. The van der Waals surface area contributed by atoms with E-state index in [2.05, 4.69) is 25.6 Å². The molecule has 5 nitrogen and oxygen atoms in total. The largest absolute Gasteiger partial charge is 0.399 e. The summed E-state index contributed by atoms with van der Waals surface area (Å²) in [7, 11) is -4.11. The minimum Gasteiger partial charge on any atom is -0.399 e. The van der Waals surface area contributed by atoms with Crippen LogP contribution in [-0.4, -0.2) is 13.4 Å². The number of aromatic nitrogens is 1. The molecule has 0 aliphatic carbocycles. The van der Waals surface area contributed by atoms with Crippen LogP contribution in [0, 0.1) is 12.7 Å². The maximum atomic E-state index is 13.9. The average Bonchev–Trinajstić information content (AvgIpc) is 2.36. The van der Waals surface area contributed by atoms with Gasteiger partial charge in [0.2, 0.25) is 0 Å². The first-order valence-electron chi connectivity index (χ1n) is 5.50. The Morgan fingerprint density at radius 3 is 2.75 bits per heavy atom. The quantitative estimate of drug-likeness (QED) is 0.825. The summed E-state index contributed by atoms with van der Waals surface area (Å²) in [4.78, 5) is 3.37. The number of nitrogen functional groups attached to an aromatic ring is 1. The van der Waals surface area contributed by atoms with E-state index in [1.54, 1.807) is 19.1 Å². The number of hydrogen-bond acceptors (Lipinski definition) is 4. The van der Waals surface area contributed by atoms with Crippen molar-refractivity contribution in [2.75, 3.05) is 10.5 Å². The van der Waals surface area contributed by atoms with Gasteiger partial charge in [-0.2, -0.15) is 0 Å². The summed E-state index contributed by atoms with van der Waals surface area (Å²) in [5, 5.41) is 0. The lowest BCUT2D eigenvalue weighted by molar-refractivity contribution is 0.566. The second-order valence-corrected chi connectivity index (χ2v) is 6.59. The number of pyridine rings is 1. The van der Waals surface area contributed by atoms with Crippen LogP contribution in [0.4, 0.5) is 15.9 Å². The van der Waals surface area contributed by atoms with Crippen LogP contribution < -0.4 is 10.5 Å². The fourth-order valence-electron chi connectivity index (χ4n) is 1.55. The number of rotatable bonds is 3. The van der Waals surface area contributed by atoms with Gasteiger partial charge in [-0.15, -0.1) is 0 Å². The molecule has 106 valence electrons. The van der Waals surface area contributed by atoms with Crippen molar-refractivity contribution in [1.82, 2.24) is 4.98 Å².